The molecule has 0 aliphatic carbocycles. The molecule has 0 amide bonds. The van der Waals surface area contributed by atoms with Crippen molar-refractivity contribution in [2.75, 3.05) is 0 Å². The molecule has 86 valence electrons. The third-order valence-electron chi connectivity index (χ3n) is 1.85. The van der Waals surface area contributed by atoms with Gasteiger partial charge in [-0.25, -0.2) is 4.98 Å². The van der Waals surface area contributed by atoms with Gasteiger partial charge >= 0.3 is 0 Å². The minimum atomic E-state index is 0. The van der Waals surface area contributed by atoms with Crippen molar-refractivity contribution < 1.29 is 26.5 Å². The molecule has 2 nitrogen and oxygen atoms in total. The van der Waals surface area contributed by atoms with Crippen molar-refractivity contribution in [1.29, 1.82) is 0 Å². The smallest absolute Gasteiger partial charge is 0.219 e. The Balaban J connectivity index is 0.00000144. The summed E-state index contributed by atoms with van der Waals surface area (Å²) in [5.41, 5.74) is 0. The minimum absolute atomic E-state index is 0. The first-order chi connectivity index (χ1) is 7.68. The molecule has 0 radical (unpaired) electrons. The number of ether oxygens (including phenoxy) is 1. The molecule has 0 unspecified atom stereocenters. The number of aromatic nitrogens is 1. The summed E-state index contributed by atoms with van der Waals surface area (Å²) >= 11 is 17.7. The average Bonchev–Trinajstić information content (AvgIpc) is 2.31. The standard InChI is InChI=1S/C11H6Cl3NO.Ti/c12-7-4-5-8(11(14)10(7)13)16-9-3-1-2-6-15-9;/h1-6H;. The van der Waals surface area contributed by atoms with Gasteiger partial charge in [-0.1, -0.05) is 40.9 Å². The molecule has 0 atom stereocenters. The molecule has 17 heavy (non-hydrogen) atoms. The van der Waals surface area contributed by atoms with E-state index in [0.717, 1.165) is 0 Å². The van der Waals surface area contributed by atoms with E-state index in [2.05, 4.69) is 4.98 Å². The van der Waals surface area contributed by atoms with Crippen LogP contribution in [-0.4, -0.2) is 4.98 Å². The molecule has 0 aliphatic heterocycles. The van der Waals surface area contributed by atoms with E-state index in [9.17, 15) is 0 Å². The zero-order chi connectivity index (χ0) is 11.5. The van der Waals surface area contributed by atoms with E-state index < -0.39 is 0 Å². The quantitative estimate of drug-likeness (QED) is 0.583. The zero-order valence-electron chi connectivity index (χ0n) is 8.45. The fourth-order valence-electron chi connectivity index (χ4n) is 1.11. The van der Waals surface area contributed by atoms with Crippen LogP contribution >= 0.6 is 34.8 Å². The predicted octanol–water partition coefficient (Wildman–Crippen LogP) is 4.83. The summed E-state index contributed by atoms with van der Waals surface area (Å²) in [5.74, 6) is 0.873. The number of hydrogen-bond donors (Lipinski definition) is 0. The van der Waals surface area contributed by atoms with Gasteiger partial charge in [0.25, 0.3) is 0 Å². The summed E-state index contributed by atoms with van der Waals surface area (Å²) in [7, 11) is 0. The molecule has 2 rings (SSSR count). The van der Waals surface area contributed by atoms with Gasteiger partial charge in [0.2, 0.25) is 5.88 Å². The second-order valence-corrected chi connectivity index (χ2v) is 4.11. The first-order valence-corrected chi connectivity index (χ1v) is 5.54. The monoisotopic (exact) mass is 321 g/mol. The molecule has 0 bridgehead atoms. The van der Waals surface area contributed by atoms with Crippen molar-refractivity contribution in [3.8, 4) is 11.6 Å². The van der Waals surface area contributed by atoms with Gasteiger partial charge in [-0.15, -0.1) is 0 Å². The fraction of sp³-hybridized carbons (Fsp3) is 0. The van der Waals surface area contributed by atoms with Crippen LogP contribution < -0.4 is 4.74 Å². The van der Waals surface area contributed by atoms with Crippen LogP contribution in [0.4, 0.5) is 0 Å². The number of halogens is 3. The summed E-state index contributed by atoms with van der Waals surface area (Å²) in [6.45, 7) is 0. The average molecular weight is 322 g/mol. The van der Waals surface area contributed by atoms with E-state index in [-0.39, 0.29) is 31.8 Å². The summed E-state index contributed by atoms with van der Waals surface area (Å²) in [5, 5.41) is 0.941. The van der Waals surface area contributed by atoms with Crippen LogP contribution in [0.25, 0.3) is 0 Å². The topological polar surface area (TPSA) is 22.1 Å². The molecular weight excluding hydrogens is 316 g/mol. The number of nitrogens with zero attached hydrogens (tertiary/aromatic N) is 1. The van der Waals surface area contributed by atoms with E-state index in [0.29, 0.717) is 16.7 Å². The molecule has 0 N–H and O–H groups in total. The maximum Gasteiger partial charge on any atom is 0.219 e. The molecule has 0 saturated carbocycles. The number of benzene rings is 1. The van der Waals surface area contributed by atoms with Crippen LogP contribution in [0.3, 0.4) is 0 Å². The second kappa shape index (κ2) is 6.62. The second-order valence-electron chi connectivity index (χ2n) is 2.94. The summed E-state index contributed by atoms with van der Waals surface area (Å²) in [6.07, 6.45) is 1.63. The molecule has 1 aromatic carbocycles. The predicted molar refractivity (Wildman–Crippen MR) is 65.8 cm³/mol. The van der Waals surface area contributed by atoms with E-state index in [1.807, 2.05) is 6.07 Å². The van der Waals surface area contributed by atoms with Gasteiger partial charge in [0.1, 0.15) is 10.8 Å². The first-order valence-electron chi connectivity index (χ1n) is 4.41. The molecule has 6 heteroatoms. The molecule has 0 fully saturated rings. The largest absolute Gasteiger partial charge is 0.437 e. The van der Waals surface area contributed by atoms with Crippen molar-refractivity contribution in [2.24, 2.45) is 0 Å². The Hall–Kier alpha value is -0.246. The van der Waals surface area contributed by atoms with Gasteiger partial charge < -0.3 is 4.74 Å². The van der Waals surface area contributed by atoms with E-state index in [1.54, 1.807) is 30.5 Å². The molecule has 0 spiro atoms. The number of hydrogen-bond acceptors (Lipinski definition) is 2. The maximum absolute atomic E-state index is 5.98. The van der Waals surface area contributed by atoms with Crippen LogP contribution in [0, 0.1) is 0 Å². The van der Waals surface area contributed by atoms with E-state index in [1.165, 1.54) is 0 Å². The molecule has 0 aliphatic rings. The van der Waals surface area contributed by atoms with E-state index in [4.69, 9.17) is 39.5 Å². The Morgan fingerprint density at radius 3 is 2.35 bits per heavy atom. The maximum atomic E-state index is 5.98. The number of pyridine rings is 1. The van der Waals surface area contributed by atoms with Gasteiger partial charge in [-0.3, -0.25) is 0 Å². The zero-order valence-corrected chi connectivity index (χ0v) is 12.3. The van der Waals surface area contributed by atoms with E-state index >= 15 is 0 Å². The van der Waals surface area contributed by atoms with Crippen molar-refractivity contribution in [2.45, 2.75) is 0 Å². The first kappa shape index (κ1) is 14.8. The normalized spacial score (nSPS) is 9.59. The molecule has 0 saturated heterocycles. The Labute approximate surface area is 129 Å². The molecular formula is C11H6Cl3NOTi. The Morgan fingerprint density at radius 1 is 0.941 bits per heavy atom. The van der Waals surface area contributed by atoms with Crippen LogP contribution in [-0.2, 0) is 21.7 Å². The molecule has 1 aromatic heterocycles. The van der Waals surface area contributed by atoms with Crippen LogP contribution in [0.15, 0.2) is 36.5 Å². The fourth-order valence-corrected chi connectivity index (χ4v) is 1.67. The van der Waals surface area contributed by atoms with Gasteiger partial charge in [0, 0.05) is 34.0 Å². The minimum Gasteiger partial charge on any atom is -0.437 e. The van der Waals surface area contributed by atoms with Crippen molar-refractivity contribution >= 4 is 34.8 Å². The Bertz CT molecular complexity index is 508. The van der Waals surface area contributed by atoms with Gasteiger partial charge in [0.05, 0.1) is 10.0 Å². The summed E-state index contributed by atoms with van der Waals surface area (Å²) < 4.78 is 5.46. The van der Waals surface area contributed by atoms with Crippen molar-refractivity contribution in [1.82, 2.24) is 4.98 Å². The van der Waals surface area contributed by atoms with Gasteiger partial charge in [0.15, 0.2) is 0 Å². The van der Waals surface area contributed by atoms with Crippen molar-refractivity contribution in [3.63, 3.8) is 0 Å². The van der Waals surface area contributed by atoms with Crippen LogP contribution in [0.1, 0.15) is 0 Å². The van der Waals surface area contributed by atoms with Gasteiger partial charge in [-0.05, 0) is 18.2 Å². The summed E-state index contributed by atoms with van der Waals surface area (Å²) in [6, 6.07) is 8.59. The van der Waals surface area contributed by atoms with Crippen LogP contribution in [0.2, 0.25) is 15.1 Å². The Morgan fingerprint density at radius 2 is 1.71 bits per heavy atom. The van der Waals surface area contributed by atoms with Crippen LogP contribution in [0.5, 0.6) is 11.6 Å². The molecule has 2 aromatic rings. The molecule has 1 heterocycles. The summed E-state index contributed by atoms with van der Waals surface area (Å²) in [4.78, 5) is 4.01. The third-order valence-corrected chi connectivity index (χ3v) is 3.13. The third kappa shape index (κ3) is 3.60. The van der Waals surface area contributed by atoms with Gasteiger partial charge in [-0.2, -0.15) is 0 Å². The Kier molecular flexibility index (Phi) is 5.77. The number of rotatable bonds is 2. The SMILES string of the molecule is Clc1ccc(Oc2ccccn2)c(Cl)c1Cl.[Ti]. The van der Waals surface area contributed by atoms with Crippen molar-refractivity contribution in [3.05, 3.63) is 51.6 Å².